The lowest BCUT2D eigenvalue weighted by molar-refractivity contribution is 0.186. The Morgan fingerprint density at radius 3 is 2.76 bits per heavy atom. The van der Waals surface area contributed by atoms with Crippen LogP contribution in [-0.2, 0) is 6.54 Å². The smallest absolute Gasteiger partial charge is 0.106 e. The van der Waals surface area contributed by atoms with Crippen molar-refractivity contribution in [3.05, 3.63) is 16.6 Å². The van der Waals surface area contributed by atoms with E-state index in [-0.39, 0.29) is 0 Å². The second-order valence-corrected chi connectivity index (χ2v) is 6.09. The van der Waals surface area contributed by atoms with Gasteiger partial charge in [0.2, 0.25) is 0 Å². The number of nitrogens with one attached hydrogen (secondary N) is 1. The van der Waals surface area contributed by atoms with Crippen molar-refractivity contribution in [2.24, 2.45) is 5.92 Å². The van der Waals surface area contributed by atoms with Crippen LogP contribution in [0.25, 0.3) is 0 Å². The second-order valence-electron chi connectivity index (χ2n) is 5.11. The quantitative estimate of drug-likeness (QED) is 0.843. The zero-order valence-corrected chi connectivity index (χ0v) is 11.7. The first-order valence-electron chi connectivity index (χ1n) is 6.60. The molecule has 0 amide bonds. The monoisotopic (exact) mass is 253 g/mol. The summed E-state index contributed by atoms with van der Waals surface area (Å²) in [6.45, 7) is 9.21. The van der Waals surface area contributed by atoms with Gasteiger partial charge in [0.1, 0.15) is 5.01 Å². The average Bonchev–Trinajstić information content (AvgIpc) is 2.96. The summed E-state index contributed by atoms with van der Waals surface area (Å²) in [5, 5.41) is 6.78. The molecule has 3 nitrogen and oxygen atoms in total. The van der Waals surface area contributed by atoms with Gasteiger partial charge in [0, 0.05) is 30.7 Å². The molecule has 4 heteroatoms. The highest BCUT2D eigenvalue weighted by atomic mass is 32.1. The minimum atomic E-state index is 0.678. The van der Waals surface area contributed by atoms with Crippen LogP contribution >= 0.6 is 11.3 Å². The molecule has 1 aliphatic heterocycles. The maximum Gasteiger partial charge on any atom is 0.106 e. The van der Waals surface area contributed by atoms with Gasteiger partial charge in [0.15, 0.2) is 0 Å². The highest BCUT2D eigenvalue weighted by molar-refractivity contribution is 7.09. The molecule has 0 radical (unpaired) electrons. The molecule has 1 aromatic heterocycles. The largest absolute Gasteiger partial charge is 0.309 e. The van der Waals surface area contributed by atoms with Crippen LogP contribution in [0.4, 0.5) is 0 Å². The number of nitrogens with zero attached hydrogens (tertiary/aromatic N) is 2. The molecule has 0 bridgehead atoms. The van der Waals surface area contributed by atoms with Gasteiger partial charge in [-0.25, -0.2) is 4.98 Å². The maximum absolute atomic E-state index is 4.30. The van der Waals surface area contributed by atoms with Crippen LogP contribution in [-0.4, -0.2) is 35.6 Å². The molecular formula is C13H23N3S. The minimum Gasteiger partial charge on any atom is -0.309 e. The third-order valence-corrected chi connectivity index (χ3v) is 4.27. The van der Waals surface area contributed by atoms with Gasteiger partial charge in [-0.3, -0.25) is 4.90 Å². The summed E-state index contributed by atoms with van der Waals surface area (Å²) in [4.78, 5) is 6.94. The lowest BCUT2D eigenvalue weighted by atomic mass is 10.0. The fraction of sp³-hybridized carbons (Fsp3) is 0.769. The lowest BCUT2D eigenvalue weighted by Crippen LogP contribution is -2.44. The zero-order chi connectivity index (χ0) is 12.1. The molecule has 0 aromatic carbocycles. The van der Waals surface area contributed by atoms with Gasteiger partial charge in [-0.1, -0.05) is 13.8 Å². The summed E-state index contributed by atoms with van der Waals surface area (Å²) in [6, 6.07) is 0.678. The van der Waals surface area contributed by atoms with Crippen LogP contribution in [0, 0.1) is 5.92 Å². The van der Waals surface area contributed by atoms with Crippen LogP contribution < -0.4 is 5.32 Å². The summed E-state index contributed by atoms with van der Waals surface area (Å²) in [6.07, 6.45) is 4.62. The third-order valence-electron chi connectivity index (χ3n) is 3.49. The van der Waals surface area contributed by atoms with Crippen LogP contribution in [0.5, 0.6) is 0 Å². The van der Waals surface area contributed by atoms with E-state index in [9.17, 15) is 0 Å². The Morgan fingerprint density at radius 2 is 2.18 bits per heavy atom. The fourth-order valence-electron chi connectivity index (χ4n) is 2.53. The van der Waals surface area contributed by atoms with E-state index in [4.69, 9.17) is 0 Å². The predicted molar refractivity (Wildman–Crippen MR) is 73.3 cm³/mol. The van der Waals surface area contributed by atoms with Crippen LogP contribution in [0.1, 0.15) is 31.7 Å². The molecule has 96 valence electrons. The Morgan fingerprint density at radius 1 is 1.41 bits per heavy atom. The molecule has 0 aliphatic carbocycles. The number of rotatable bonds is 6. The maximum atomic E-state index is 4.30. The Labute approximate surface area is 108 Å². The van der Waals surface area contributed by atoms with E-state index in [0.717, 1.165) is 19.0 Å². The van der Waals surface area contributed by atoms with Crippen molar-refractivity contribution in [2.45, 2.75) is 39.3 Å². The lowest BCUT2D eigenvalue weighted by Gasteiger charge is -2.31. The summed E-state index contributed by atoms with van der Waals surface area (Å²) in [7, 11) is 0. The topological polar surface area (TPSA) is 28.2 Å². The van der Waals surface area contributed by atoms with Gasteiger partial charge in [-0.2, -0.15) is 0 Å². The molecule has 1 atom stereocenters. The number of likely N-dealkylation sites (tertiary alicyclic amines) is 1. The third kappa shape index (κ3) is 3.76. The van der Waals surface area contributed by atoms with Crippen molar-refractivity contribution in [3.63, 3.8) is 0 Å². The molecule has 1 saturated heterocycles. The van der Waals surface area contributed by atoms with Crippen molar-refractivity contribution in [3.8, 4) is 0 Å². The van der Waals surface area contributed by atoms with Gasteiger partial charge < -0.3 is 5.32 Å². The summed E-state index contributed by atoms with van der Waals surface area (Å²) >= 11 is 1.73. The Balaban J connectivity index is 1.77. The van der Waals surface area contributed by atoms with Crippen LogP contribution in [0.3, 0.4) is 0 Å². The van der Waals surface area contributed by atoms with E-state index in [1.807, 2.05) is 11.6 Å². The average molecular weight is 253 g/mol. The van der Waals surface area contributed by atoms with Crippen molar-refractivity contribution in [1.29, 1.82) is 0 Å². The molecule has 0 saturated carbocycles. The van der Waals surface area contributed by atoms with Gasteiger partial charge in [-0.15, -0.1) is 11.3 Å². The van der Waals surface area contributed by atoms with E-state index < -0.39 is 0 Å². The number of hydrogen-bond donors (Lipinski definition) is 1. The molecule has 17 heavy (non-hydrogen) atoms. The highest BCUT2D eigenvalue weighted by Gasteiger charge is 2.23. The molecular weight excluding hydrogens is 230 g/mol. The summed E-state index contributed by atoms with van der Waals surface area (Å²) < 4.78 is 0. The Hall–Kier alpha value is -0.450. The first kappa shape index (κ1) is 13.0. The Bertz CT molecular complexity index is 304. The van der Waals surface area contributed by atoms with E-state index in [2.05, 4.69) is 29.0 Å². The summed E-state index contributed by atoms with van der Waals surface area (Å²) in [5.41, 5.74) is 0. The molecule has 1 unspecified atom stereocenters. The second kappa shape index (κ2) is 6.47. The van der Waals surface area contributed by atoms with Gasteiger partial charge in [0.05, 0.1) is 0 Å². The van der Waals surface area contributed by atoms with Crippen molar-refractivity contribution in [1.82, 2.24) is 15.2 Å². The zero-order valence-electron chi connectivity index (χ0n) is 10.9. The molecule has 0 spiro atoms. The van der Waals surface area contributed by atoms with Crippen molar-refractivity contribution in [2.75, 3.05) is 19.6 Å². The number of thiazole rings is 1. The molecule has 1 N–H and O–H groups in total. The van der Waals surface area contributed by atoms with Crippen molar-refractivity contribution < 1.29 is 0 Å². The molecule has 2 heterocycles. The standard InChI is InChI=1S/C13H23N3S/c1-11(2)12(16-6-3-4-7-16)9-14-10-13-15-5-8-17-13/h5,8,11-12,14H,3-4,6-7,9-10H2,1-2H3. The van der Waals surface area contributed by atoms with E-state index in [1.165, 1.54) is 30.9 Å². The number of aromatic nitrogens is 1. The highest BCUT2D eigenvalue weighted by Crippen LogP contribution is 2.17. The molecule has 2 rings (SSSR count). The molecule has 1 aliphatic rings. The van der Waals surface area contributed by atoms with Crippen molar-refractivity contribution >= 4 is 11.3 Å². The molecule has 1 aromatic rings. The number of hydrogen-bond acceptors (Lipinski definition) is 4. The van der Waals surface area contributed by atoms with E-state index >= 15 is 0 Å². The first-order valence-corrected chi connectivity index (χ1v) is 7.48. The van der Waals surface area contributed by atoms with Gasteiger partial charge in [0.25, 0.3) is 0 Å². The summed E-state index contributed by atoms with van der Waals surface area (Å²) in [5.74, 6) is 0.719. The molecule has 1 fully saturated rings. The Kier molecular flexibility index (Phi) is 4.95. The SMILES string of the molecule is CC(C)C(CNCc1nccs1)N1CCCC1. The predicted octanol–water partition coefficient (Wildman–Crippen LogP) is 2.35. The van der Waals surface area contributed by atoms with Gasteiger partial charge in [-0.05, 0) is 31.8 Å². The van der Waals surface area contributed by atoms with E-state index in [1.54, 1.807) is 11.3 Å². The fourth-order valence-corrected chi connectivity index (χ4v) is 3.11. The van der Waals surface area contributed by atoms with E-state index in [0.29, 0.717) is 6.04 Å². The van der Waals surface area contributed by atoms with Gasteiger partial charge >= 0.3 is 0 Å². The normalized spacial score (nSPS) is 19.0. The minimum absolute atomic E-state index is 0.678. The van der Waals surface area contributed by atoms with Crippen LogP contribution in [0.15, 0.2) is 11.6 Å². The first-order chi connectivity index (χ1) is 8.27. The van der Waals surface area contributed by atoms with Crippen LogP contribution in [0.2, 0.25) is 0 Å².